The molecule has 2 heterocycles. The minimum atomic E-state index is -1.21. The number of quaternary nitrogens is 1. The quantitative estimate of drug-likeness (QED) is 0.830. The van der Waals surface area contributed by atoms with Crippen molar-refractivity contribution in [1.82, 2.24) is 4.37 Å². The zero-order valence-electron chi connectivity index (χ0n) is 12.6. The molecular weight excluding hydrogens is 316 g/mol. The summed E-state index contributed by atoms with van der Waals surface area (Å²) < 4.78 is 9.53. The van der Waals surface area contributed by atoms with E-state index in [2.05, 4.69) is 4.37 Å². The molecule has 1 aliphatic heterocycles. The van der Waals surface area contributed by atoms with E-state index < -0.39 is 11.8 Å². The van der Waals surface area contributed by atoms with Crippen molar-refractivity contribution in [2.45, 2.75) is 6.92 Å². The van der Waals surface area contributed by atoms with E-state index in [0.29, 0.717) is 23.6 Å². The third-order valence-corrected chi connectivity index (χ3v) is 4.67. The van der Waals surface area contributed by atoms with E-state index in [-0.39, 0.29) is 5.57 Å². The number of Topliss-reactive ketones (excluding diaryl/α,β-unsaturated/α-hetero) is 1. The summed E-state index contributed by atoms with van der Waals surface area (Å²) in [6.07, 6.45) is 1.46. The molecule has 0 spiro atoms. The number of fused-ring (bicyclic) bond motifs is 1. The van der Waals surface area contributed by atoms with E-state index in [0.717, 1.165) is 15.5 Å². The van der Waals surface area contributed by atoms with Crippen molar-refractivity contribution in [3.8, 4) is 17.0 Å². The van der Waals surface area contributed by atoms with Gasteiger partial charge in [-0.15, -0.1) is 0 Å². The van der Waals surface area contributed by atoms with Crippen LogP contribution in [0.15, 0.2) is 36.0 Å². The van der Waals surface area contributed by atoms with Crippen LogP contribution in [-0.4, -0.2) is 34.9 Å². The summed E-state index contributed by atoms with van der Waals surface area (Å²) in [6.45, 7) is 2.57. The first kappa shape index (κ1) is 15.4. The summed E-state index contributed by atoms with van der Waals surface area (Å²) in [5.74, 6) is -0.987. The van der Waals surface area contributed by atoms with Gasteiger partial charge in [-0.1, -0.05) is 0 Å². The van der Waals surface area contributed by atoms with Crippen LogP contribution in [0.25, 0.3) is 11.3 Å². The fraction of sp³-hybridized carbons (Fsp3) is 0.188. The number of aliphatic carboxylic acids is 1. The number of carboxylic acids is 1. The average Bonchev–Trinajstić information content (AvgIpc) is 3.00. The highest BCUT2D eigenvalue weighted by Crippen LogP contribution is 2.34. The molecule has 0 bridgehead atoms. The van der Waals surface area contributed by atoms with E-state index in [1.165, 1.54) is 17.7 Å². The number of carbonyl (C=O) groups excluding carboxylic acids is 1. The first-order chi connectivity index (χ1) is 11.1. The largest absolute Gasteiger partial charge is 0.497 e. The van der Waals surface area contributed by atoms with E-state index in [1.54, 1.807) is 19.2 Å². The highest BCUT2D eigenvalue weighted by molar-refractivity contribution is 7.10. The SMILES string of the molecule is CC[NH+]1C=C(C(=O)O)C(=O)c2c(-c3ccc(OC)cc3)nsc21. The molecular formula is C16H15N2O4S+. The van der Waals surface area contributed by atoms with E-state index >= 15 is 0 Å². The van der Waals surface area contributed by atoms with E-state index in [4.69, 9.17) is 4.74 Å². The number of ketones is 1. The zero-order valence-corrected chi connectivity index (χ0v) is 13.4. The van der Waals surface area contributed by atoms with E-state index in [9.17, 15) is 14.7 Å². The van der Waals surface area contributed by atoms with Crippen LogP contribution in [0, 0.1) is 0 Å². The summed E-state index contributed by atoms with van der Waals surface area (Å²) in [7, 11) is 1.58. The fourth-order valence-electron chi connectivity index (χ4n) is 2.53. The van der Waals surface area contributed by atoms with Gasteiger partial charge < -0.3 is 9.84 Å². The second-order valence-electron chi connectivity index (χ2n) is 5.03. The maximum atomic E-state index is 12.6. The molecule has 0 saturated carbocycles. The lowest BCUT2D eigenvalue weighted by Crippen LogP contribution is -3.02. The molecule has 2 N–H and O–H groups in total. The van der Waals surface area contributed by atoms with Gasteiger partial charge in [-0.05, 0) is 31.2 Å². The first-order valence-corrected chi connectivity index (χ1v) is 7.84. The Labute approximate surface area is 136 Å². The molecule has 23 heavy (non-hydrogen) atoms. The Hall–Kier alpha value is -2.51. The van der Waals surface area contributed by atoms with Crippen molar-refractivity contribution in [2.24, 2.45) is 0 Å². The van der Waals surface area contributed by atoms with Crippen LogP contribution in [-0.2, 0) is 4.79 Å². The molecule has 1 aromatic heterocycles. The highest BCUT2D eigenvalue weighted by Gasteiger charge is 2.37. The minimum absolute atomic E-state index is 0.204. The summed E-state index contributed by atoms with van der Waals surface area (Å²) in [4.78, 5) is 24.8. The van der Waals surface area contributed by atoms with Crippen molar-refractivity contribution in [1.29, 1.82) is 0 Å². The number of hydrogen-bond acceptors (Lipinski definition) is 5. The Morgan fingerprint density at radius 1 is 1.35 bits per heavy atom. The van der Waals surface area contributed by atoms with Crippen molar-refractivity contribution in [2.75, 3.05) is 13.7 Å². The summed E-state index contributed by atoms with van der Waals surface area (Å²) in [5.41, 5.74) is 1.47. The van der Waals surface area contributed by atoms with Gasteiger partial charge in [-0.2, -0.15) is 4.37 Å². The number of hydrogen-bond donors (Lipinski definition) is 2. The number of ether oxygens (including phenoxy) is 1. The Balaban J connectivity index is 2.12. The molecule has 0 saturated heterocycles. The molecule has 118 valence electrons. The van der Waals surface area contributed by atoms with E-state index in [1.807, 2.05) is 19.1 Å². The van der Waals surface area contributed by atoms with Crippen molar-refractivity contribution < 1.29 is 24.3 Å². The predicted octanol–water partition coefficient (Wildman–Crippen LogP) is 1.52. The Kier molecular flexibility index (Phi) is 3.97. The molecule has 1 aliphatic rings. The summed E-state index contributed by atoms with van der Waals surface area (Å²) in [6, 6.07) is 7.19. The summed E-state index contributed by atoms with van der Waals surface area (Å²) >= 11 is 1.23. The number of methoxy groups -OCH3 is 1. The Bertz CT molecular complexity index is 808. The third-order valence-electron chi connectivity index (χ3n) is 3.75. The topological polar surface area (TPSA) is 80.9 Å². The monoisotopic (exact) mass is 331 g/mol. The second kappa shape index (κ2) is 5.94. The van der Waals surface area contributed by atoms with Gasteiger partial charge in [-0.25, -0.2) is 4.79 Å². The molecule has 6 nitrogen and oxygen atoms in total. The molecule has 3 rings (SSSR count). The summed E-state index contributed by atoms with van der Waals surface area (Å²) in [5, 5.41) is 10.0. The van der Waals surface area contributed by atoms with Crippen molar-refractivity contribution in [3.05, 3.63) is 41.6 Å². The van der Waals surface area contributed by atoms with Crippen LogP contribution in [0.2, 0.25) is 0 Å². The maximum Gasteiger partial charge on any atom is 0.345 e. The second-order valence-corrected chi connectivity index (χ2v) is 5.81. The molecule has 0 radical (unpaired) electrons. The molecule has 0 fully saturated rings. The lowest BCUT2D eigenvalue weighted by Gasteiger charge is -2.17. The van der Waals surface area contributed by atoms with Gasteiger partial charge >= 0.3 is 5.97 Å². The van der Waals surface area contributed by atoms with Gasteiger partial charge in [0, 0.05) is 17.1 Å². The fourth-order valence-corrected chi connectivity index (χ4v) is 3.51. The molecule has 1 aromatic carbocycles. The molecule has 0 amide bonds. The maximum absolute atomic E-state index is 12.6. The number of aromatic nitrogens is 1. The molecule has 7 heteroatoms. The number of rotatable bonds is 4. The van der Waals surface area contributed by atoms with Crippen LogP contribution in [0.3, 0.4) is 0 Å². The molecule has 1 unspecified atom stereocenters. The van der Waals surface area contributed by atoms with Crippen LogP contribution in [0.4, 0.5) is 5.00 Å². The van der Waals surface area contributed by atoms with Gasteiger partial charge in [-0.3, -0.25) is 9.69 Å². The van der Waals surface area contributed by atoms with Gasteiger partial charge in [0.1, 0.15) is 23.2 Å². The van der Waals surface area contributed by atoms with Crippen molar-refractivity contribution >= 4 is 28.3 Å². The normalized spacial score (nSPS) is 16.7. The smallest absolute Gasteiger partial charge is 0.345 e. The average molecular weight is 331 g/mol. The molecule has 2 aromatic rings. The number of benzene rings is 1. The van der Waals surface area contributed by atoms with Crippen LogP contribution >= 0.6 is 11.5 Å². The number of nitrogens with zero attached hydrogens (tertiary/aromatic N) is 1. The van der Waals surface area contributed by atoms with Gasteiger partial charge in [0.15, 0.2) is 5.57 Å². The van der Waals surface area contributed by atoms with Crippen LogP contribution in [0.5, 0.6) is 5.75 Å². The van der Waals surface area contributed by atoms with Gasteiger partial charge in [0.25, 0.3) is 0 Å². The Morgan fingerprint density at radius 3 is 2.61 bits per heavy atom. The lowest BCUT2D eigenvalue weighted by molar-refractivity contribution is -0.770. The number of carboxylic acid groups (broad SMARTS) is 1. The third kappa shape index (κ3) is 2.54. The molecule has 1 atom stereocenters. The van der Waals surface area contributed by atoms with Crippen LogP contribution in [0.1, 0.15) is 17.3 Å². The number of carbonyl (C=O) groups is 2. The standard InChI is InChI=1S/C16H14N2O4S/c1-3-18-8-11(16(20)21)14(19)12-13(17-23-15(12)18)9-4-6-10(22-2)7-5-9/h4-8H,3H2,1-2H3,(H,20,21)/p+1. The Morgan fingerprint density at radius 2 is 2.04 bits per heavy atom. The van der Waals surface area contributed by atoms with Gasteiger partial charge in [0.2, 0.25) is 10.8 Å². The molecule has 0 aliphatic carbocycles. The predicted molar refractivity (Wildman–Crippen MR) is 85.3 cm³/mol. The van der Waals surface area contributed by atoms with Crippen molar-refractivity contribution in [3.63, 3.8) is 0 Å². The lowest BCUT2D eigenvalue weighted by atomic mass is 9.97. The minimum Gasteiger partial charge on any atom is -0.497 e. The highest BCUT2D eigenvalue weighted by atomic mass is 32.1. The zero-order chi connectivity index (χ0) is 16.6. The van der Waals surface area contributed by atoms with Crippen LogP contribution < -0.4 is 9.64 Å². The number of nitrogens with one attached hydrogen (secondary N) is 1. The first-order valence-electron chi connectivity index (χ1n) is 7.06. The van der Waals surface area contributed by atoms with Gasteiger partial charge in [0.05, 0.1) is 13.7 Å².